The molecule has 0 spiro atoms. The number of carboxylic acid groups (broad SMARTS) is 1. The van der Waals surface area contributed by atoms with Gasteiger partial charge in [-0.1, -0.05) is 19.4 Å². The van der Waals surface area contributed by atoms with Gasteiger partial charge in [0.2, 0.25) is 0 Å². The minimum absolute atomic E-state index is 0.350. The number of hydrogen-bond donors (Lipinski definition) is 2. The lowest BCUT2D eigenvalue weighted by atomic mass is 10.2. The van der Waals surface area contributed by atoms with Crippen LogP contribution in [-0.4, -0.2) is 27.1 Å². The Labute approximate surface area is 101 Å². The van der Waals surface area contributed by atoms with Gasteiger partial charge >= 0.3 is 5.97 Å². The normalized spacial score (nSPS) is 11.8. The molecule has 0 bridgehead atoms. The SMILES string of the molecule is C=CCC(Nc1cc(CCC)ncn1)C(=O)O. The summed E-state index contributed by atoms with van der Waals surface area (Å²) in [5.41, 5.74) is 0.910. The van der Waals surface area contributed by atoms with Crippen molar-refractivity contribution < 1.29 is 9.90 Å². The van der Waals surface area contributed by atoms with Crippen LogP contribution in [0.4, 0.5) is 5.82 Å². The van der Waals surface area contributed by atoms with Crippen molar-refractivity contribution in [3.63, 3.8) is 0 Å². The third kappa shape index (κ3) is 4.22. The van der Waals surface area contributed by atoms with Gasteiger partial charge in [0.15, 0.2) is 0 Å². The fraction of sp³-hybridized carbons (Fsp3) is 0.417. The predicted octanol–water partition coefficient (Wildman–Crippen LogP) is 1.87. The highest BCUT2D eigenvalue weighted by Gasteiger charge is 2.15. The summed E-state index contributed by atoms with van der Waals surface area (Å²) in [6.07, 6.45) is 5.21. The second kappa shape index (κ2) is 6.62. The Bertz CT molecular complexity index is 393. The first-order valence-electron chi connectivity index (χ1n) is 5.58. The number of carboxylic acids is 1. The average Bonchev–Trinajstić information content (AvgIpc) is 2.29. The van der Waals surface area contributed by atoms with Crippen LogP contribution in [0.3, 0.4) is 0 Å². The number of aryl methyl sites for hydroxylation is 1. The van der Waals surface area contributed by atoms with Crippen molar-refractivity contribution in [2.24, 2.45) is 0 Å². The smallest absolute Gasteiger partial charge is 0.326 e. The summed E-state index contributed by atoms with van der Waals surface area (Å²) in [4.78, 5) is 19.1. The molecular weight excluding hydrogens is 218 g/mol. The summed E-state index contributed by atoms with van der Waals surface area (Å²) in [7, 11) is 0. The molecular formula is C12H17N3O2. The van der Waals surface area contributed by atoms with Gasteiger partial charge in [-0.05, 0) is 12.8 Å². The molecule has 2 N–H and O–H groups in total. The first kappa shape index (κ1) is 13.2. The molecule has 0 aliphatic carbocycles. The number of anilines is 1. The van der Waals surface area contributed by atoms with Crippen LogP contribution in [0.15, 0.2) is 25.0 Å². The molecule has 0 radical (unpaired) electrons. The van der Waals surface area contributed by atoms with E-state index in [9.17, 15) is 4.79 Å². The lowest BCUT2D eigenvalue weighted by Crippen LogP contribution is -2.29. The molecule has 1 unspecified atom stereocenters. The van der Waals surface area contributed by atoms with Crippen molar-refractivity contribution >= 4 is 11.8 Å². The molecule has 1 heterocycles. The fourth-order valence-electron chi connectivity index (χ4n) is 1.44. The molecule has 1 aromatic heterocycles. The average molecular weight is 235 g/mol. The Hall–Kier alpha value is -1.91. The number of hydrogen-bond acceptors (Lipinski definition) is 4. The molecule has 0 amide bonds. The summed E-state index contributed by atoms with van der Waals surface area (Å²) < 4.78 is 0. The van der Waals surface area contributed by atoms with Crippen molar-refractivity contribution in [1.29, 1.82) is 0 Å². The maximum absolute atomic E-state index is 11.0. The summed E-state index contributed by atoms with van der Waals surface area (Å²) in [5, 5.41) is 11.8. The first-order chi connectivity index (χ1) is 8.17. The lowest BCUT2D eigenvalue weighted by molar-refractivity contribution is -0.137. The third-order valence-corrected chi connectivity index (χ3v) is 2.25. The van der Waals surface area contributed by atoms with Crippen LogP contribution < -0.4 is 5.32 Å². The Morgan fingerprint density at radius 2 is 2.41 bits per heavy atom. The van der Waals surface area contributed by atoms with Crippen LogP contribution >= 0.6 is 0 Å². The molecule has 0 saturated heterocycles. The molecule has 1 aromatic rings. The topological polar surface area (TPSA) is 75.1 Å². The highest BCUT2D eigenvalue weighted by Crippen LogP contribution is 2.09. The molecule has 0 aliphatic heterocycles. The van der Waals surface area contributed by atoms with Crippen molar-refractivity contribution in [3.05, 3.63) is 30.7 Å². The zero-order chi connectivity index (χ0) is 12.7. The van der Waals surface area contributed by atoms with E-state index in [1.807, 2.05) is 0 Å². The van der Waals surface area contributed by atoms with Crippen LogP contribution in [0.2, 0.25) is 0 Å². The Morgan fingerprint density at radius 3 is 3.00 bits per heavy atom. The van der Waals surface area contributed by atoms with Gasteiger partial charge in [-0.2, -0.15) is 0 Å². The van der Waals surface area contributed by atoms with E-state index in [1.54, 1.807) is 12.1 Å². The molecule has 0 aliphatic rings. The molecule has 0 fully saturated rings. The van der Waals surface area contributed by atoms with Crippen LogP contribution in [-0.2, 0) is 11.2 Å². The summed E-state index contributed by atoms with van der Waals surface area (Å²) >= 11 is 0. The molecule has 5 heteroatoms. The molecule has 17 heavy (non-hydrogen) atoms. The number of rotatable bonds is 7. The third-order valence-electron chi connectivity index (χ3n) is 2.25. The second-order valence-electron chi connectivity index (χ2n) is 3.70. The van der Waals surface area contributed by atoms with Gasteiger partial charge in [-0.3, -0.25) is 0 Å². The van der Waals surface area contributed by atoms with Crippen LogP contribution in [0, 0.1) is 0 Å². The fourth-order valence-corrected chi connectivity index (χ4v) is 1.44. The van der Waals surface area contributed by atoms with Gasteiger partial charge < -0.3 is 10.4 Å². The zero-order valence-electron chi connectivity index (χ0n) is 9.89. The van der Waals surface area contributed by atoms with E-state index in [-0.39, 0.29) is 0 Å². The first-order valence-corrected chi connectivity index (χ1v) is 5.58. The second-order valence-corrected chi connectivity index (χ2v) is 3.70. The van der Waals surface area contributed by atoms with Crippen molar-refractivity contribution in [2.45, 2.75) is 32.2 Å². The van der Waals surface area contributed by atoms with Gasteiger partial charge in [0.1, 0.15) is 18.2 Å². The van der Waals surface area contributed by atoms with E-state index in [2.05, 4.69) is 28.8 Å². The summed E-state index contributed by atoms with van der Waals surface area (Å²) in [6.45, 7) is 5.60. The maximum atomic E-state index is 11.0. The van der Waals surface area contributed by atoms with Crippen LogP contribution in [0.5, 0.6) is 0 Å². The van der Waals surface area contributed by atoms with E-state index in [1.165, 1.54) is 6.33 Å². The minimum atomic E-state index is -0.916. The van der Waals surface area contributed by atoms with E-state index >= 15 is 0 Å². The highest BCUT2D eigenvalue weighted by molar-refractivity contribution is 5.77. The van der Waals surface area contributed by atoms with E-state index in [0.717, 1.165) is 18.5 Å². The quantitative estimate of drug-likeness (QED) is 0.706. The van der Waals surface area contributed by atoms with Gasteiger partial charge in [0, 0.05) is 11.8 Å². The summed E-state index contributed by atoms with van der Waals surface area (Å²) in [6, 6.07) is 1.08. The van der Waals surface area contributed by atoms with Crippen molar-refractivity contribution in [3.8, 4) is 0 Å². The Balaban J connectivity index is 2.74. The molecule has 5 nitrogen and oxygen atoms in total. The minimum Gasteiger partial charge on any atom is -0.480 e. The molecule has 0 aromatic carbocycles. The Kier molecular flexibility index (Phi) is 5.13. The van der Waals surface area contributed by atoms with Crippen molar-refractivity contribution in [1.82, 2.24) is 9.97 Å². The Morgan fingerprint density at radius 1 is 1.65 bits per heavy atom. The van der Waals surface area contributed by atoms with Gasteiger partial charge in [-0.25, -0.2) is 14.8 Å². The maximum Gasteiger partial charge on any atom is 0.326 e. The van der Waals surface area contributed by atoms with E-state index in [4.69, 9.17) is 5.11 Å². The number of nitrogens with zero attached hydrogens (tertiary/aromatic N) is 2. The molecule has 1 rings (SSSR count). The monoisotopic (exact) mass is 235 g/mol. The van der Waals surface area contributed by atoms with E-state index < -0.39 is 12.0 Å². The zero-order valence-corrected chi connectivity index (χ0v) is 9.89. The molecule has 92 valence electrons. The van der Waals surface area contributed by atoms with E-state index in [0.29, 0.717) is 12.2 Å². The van der Waals surface area contributed by atoms with Crippen molar-refractivity contribution in [2.75, 3.05) is 5.32 Å². The number of aromatic nitrogens is 2. The predicted molar refractivity (Wildman–Crippen MR) is 65.9 cm³/mol. The number of aliphatic carboxylic acids is 1. The highest BCUT2D eigenvalue weighted by atomic mass is 16.4. The number of nitrogens with one attached hydrogen (secondary N) is 1. The largest absolute Gasteiger partial charge is 0.480 e. The van der Waals surface area contributed by atoms with Gasteiger partial charge in [-0.15, -0.1) is 6.58 Å². The van der Waals surface area contributed by atoms with Gasteiger partial charge in [0.05, 0.1) is 0 Å². The standard InChI is InChI=1S/C12H17N3O2/c1-3-5-9-7-11(14-8-13-9)15-10(6-4-2)12(16)17/h4,7-8,10H,2-3,5-6H2,1H3,(H,16,17)(H,13,14,15). The van der Waals surface area contributed by atoms with Gasteiger partial charge in [0.25, 0.3) is 0 Å². The lowest BCUT2D eigenvalue weighted by Gasteiger charge is -2.13. The number of carbonyl (C=O) groups is 1. The van der Waals surface area contributed by atoms with Crippen LogP contribution in [0.25, 0.3) is 0 Å². The molecule has 0 saturated carbocycles. The van der Waals surface area contributed by atoms with Crippen LogP contribution in [0.1, 0.15) is 25.5 Å². The summed E-state index contributed by atoms with van der Waals surface area (Å²) in [5.74, 6) is -0.377. The molecule has 1 atom stereocenters.